The first-order valence-electron chi connectivity index (χ1n) is 7.06. The van der Waals surface area contributed by atoms with Crippen LogP contribution in [0.5, 0.6) is 0 Å². The molecule has 0 radical (unpaired) electrons. The molecule has 0 bridgehead atoms. The molecule has 0 fully saturated rings. The largest absolute Gasteiger partial charge is 0.0773 e. The minimum Gasteiger partial charge on any atom is -0.0773 e. The fraction of sp³-hybridized carbons (Fsp3) is 0.733. The lowest BCUT2D eigenvalue weighted by molar-refractivity contribution is 1.00. The average Bonchev–Trinajstić information content (AvgIpc) is 2.56. The molecule has 0 nitrogen and oxygen atoms in total. The van der Waals surface area contributed by atoms with Crippen LogP contribution in [0.3, 0.4) is 0 Å². The average molecular weight is 267 g/mol. The Kier molecular flexibility index (Phi) is 5.02. The molecule has 98 valence electrons. The minimum atomic E-state index is -0.873. The van der Waals surface area contributed by atoms with Crippen molar-refractivity contribution in [1.29, 1.82) is 0 Å². The van der Waals surface area contributed by atoms with Gasteiger partial charge in [0.15, 0.2) is 0 Å². The Morgan fingerprint density at radius 3 is 1.41 bits per heavy atom. The summed E-state index contributed by atoms with van der Waals surface area (Å²) < 4.78 is 0. The van der Waals surface area contributed by atoms with Crippen LogP contribution in [0.15, 0.2) is 23.3 Å². The van der Waals surface area contributed by atoms with Gasteiger partial charge >= 0.3 is 0 Å². The van der Waals surface area contributed by atoms with E-state index in [2.05, 4.69) is 51.4 Å². The molecule has 17 heavy (non-hydrogen) atoms. The number of hydrogen-bond donors (Lipinski definition) is 0. The van der Waals surface area contributed by atoms with Gasteiger partial charge in [0.1, 0.15) is 0 Å². The lowest BCUT2D eigenvalue weighted by Gasteiger charge is -2.19. The highest BCUT2D eigenvalue weighted by Crippen LogP contribution is 2.31. The van der Waals surface area contributed by atoms with Crippen LogP contribution >= 0.6 is 0 Å². The van der Waals surface area contributed by atoms with Gasteiger partial charge in [-0.3, -0.25) is 0 Å². The second-order valence-corrected chi connectivity index (χ2v) is 19.1. The molecule has 0 spiro atoms. The molecule has 0 atom stereocenters. The van der Waals surface area contributed by atoms with E-state index >= 15 is 0 Å². The summed E-state index contributed by atoms with van der Waals surface area (Å²) in [7, 11) is -1.75. The Balaban J connectivity index is 2.44. The molecule has 0 N–H and O–H groups in total. The summed E-state index contributed by atoms with van der Waals surface area (Å²) in [6.45, 7) is 14.9. The van der Waals surface area contributed by atoms with Crippen molar-refractivity contribution in [3.05, 3.63) is 23.3 Å². The molecule has 0 aromatic carbocycles. The molecule has 2 heteroatoms. The summed E-state index contributed by atoms with van der Waals surface area (Å²) in [5.74, 6) is 0. The first-order chi connectivity index (χ1) is 7.67. The van der Waals surface area contributed by atoms with Crippen LogP contribution in [-0.4, -0.2) is 16.1 Å². The summed E-state index contributed by atoms with van der Waals surface area (Å²) in [5.41, 5.74) is 3.37. The number of hydrogen-bond acceptors (Lipinski definition) is 0. The second-order valence-electron chi connectivity index (χ2n) is 7.82. The van der Waals surface area contributed by atoms with Gasteiger partial charge in [0, 0.05) is 16.1 Å². The SMILES string of the molecule is C[Si](C)(C)CCC1=CCC=C1CC[Si](C)(C)C. The van der Waals surface area contributed by atoms with Crippen molar-refractivity contribution in [3.8, 4) is 0 Å². The number of allylic oxidation sites excluding steroid dienone is 4. The molecular formula is C15H30Si2. The van der Waals surface area contributed by atoms with E-state index in [-0.39, 0.29) is 0 Å². The molecular weight excluding hydrogens is 236 g/mol. The minimum absolute atomic E-state index is 0.873. The Hall–Kier alpha value is -0.0862. The highest BCUT2D eigenvalue weighted by atomic mass is 28.3. The van der Waals surface area contributed by atoms with Crippen molar-refractivity contribution in [3.63, 3.8) is 0 Å². The maximum atomic E-state index is 2.48. The van der Waals surface area contributed by atoms with Crippen molar-refractivity contribution in [2.75, 3.05) is 0 Å². The van der Waals surface area contributed by atoms with E-state index in [0.717, 1.165) is 0 Å². The number of rotatable bonds is 6. The van der Waals surface area contributed by atoms with Crippen molar-refractivity contribution >= 4 is 16.1 Å². The van der Waals surface area contributed by atoms with Crippen molar-refractivity contribution in [2.24, 2.45) is 0 Å². The summed E-state index contributed by atoms with van der Waals surface area (Å²) in [5, 5.41) is 0. The van der Waals surface area contributed by atoms with E-state index in [1.54, 1.807) is 11.1 Å². The summed E-state index contributed by atoms with van der Waals surface area (Å²) in [6.07, 6.45) is 8.82. The Morgan fingerprint density at radius 2 is 1.12 bits per heavy atom. The van der Waals surface area contributed by atoms with E-state index in [0.29, 0.717) is 0 Å². The van der Waals surface area contributed by atoms with Gasteiger partial charge in [-0.25, -0.2) is 0 Å². The van der Waals surface area contributed by atoms with E-state index in [1.807, 2.05) is 0 Å². The molecule has 0 aliphatic heterocycles. The third kappa shape index (κ3) is 6.42. The molecule has 0 heterocycles. The van der Waals surface area contributed by atoms with E-state index in [9.17, 15) is 0 Å². The zero-order chi connectivity index (χ0) is 13.1. The van der Waals surface area contributed by atoms with E-state index in [1.165, 1.54) is 31.4 Å². The van der Waals surface area contributed by atoms with Crippen molar-refractivity contribution in [1.82, 2.24) is 0 Å². The monoisotopic (exact) mass is 266 g/mol. The Bertz CT molecular complexity index is 279. The molecule has 1 aliphatic carbocycles. The van der Waals surface area contributed by atoms with Crippen LogP contribution < -0.4 is 0 Å². The molecule has 1 rings (SSSR count). The molecule has 0 unspecified atom stereocenters. The third-order valence-electron chi connectivity index (χ3n) is 3.43. The van der Waals surface area contributed by atoms with Crippen LogP contribution in [0.1, 0.15) is 19.3 Å². The molecule has 0 amide bonds. The lowest BCUT2D eigenvalue weighted by atomic mass is 10.1. The standard InChI is InChI=1S/C15H30Si2/c1-16(2,3)12-10-14-8-7-9-15(14)11-13-17(4,5)6/h8-9H,7,10-13H2,1-6H3. The molecule has 1 aliphatic rings. The quantitative estimate of drug-likeness (QED) is 0.541. The van der Waals surface area contributed by atoms with Gasteiger partial charge in [0.05, 0.1) is 0 Å². The highest BCUT2D eigenvalue weighted by Gasteiger charge is 2.19. The Labute approximate surface area is 110 Å². The van der Waals surface area contributed by atoms with E-state index in [4.69, 9.17) is 0 Å². The summed E-state index contributed by atoms with van der Waals surface area (Å²) >= 11 is 0. The van der Waals surface area contributed by atoms with Gasteiger partial charge in [-0.15, -0.1) is 0 Å². The van der Waals surface area contributed by atoms with Crippen LogP contribution in [0, 0.1) is 0 Å². The van der Waals surface area contributed by atoms with Gasteiger partial charge in [0.25, 0.3) is 0 Å². The van der Waals surface area contributed by atoms with Crippen LogP contribution in [0.25, 0.3) is 0 Å². The van der Waals surface area contributed by atoms with Gasteiger partial charge in [-0.1, -0.05) is 63.5 Å². The maximum Gasteiger partial charge on any atom is 0.0445 e. The van der Waals surface area contributed by atoms with Crippen LogP contribution in [0.4, 0.5) is 0 Å². The Morgan fingerprint density at radius 1 is 0.765 bits per heavy atom. The first-order valence-corrected chi connectivity index (χ1v) is 14.5. The van der Waals surface area contributed by atoms with Gasteiger partial charge in [-0.05, 0) is 30.4 Å². The topological polar surface area (TPSA) is 0 Å². The lowest BCUT2D eigenvalue weighted by Crippen LogP contribution is -2.20. The fourth-order valence-electron chi connectivity index (χ4n) is 2.15. The zero-order valence-electron chi connectivity index (χ0n) is 12.7. The van der Waals surface area contributed by atoms with Gasteiger partial charge in [-0.2, -0.15) is 0 Å². The van der Waals surface area contributed by atoms with Gasteiger partial charge < -0.3 is 0 Å². The summed E-state index contributed by atoms with van der Waals surface area (Å²) in [6, 6.07) is 2.90. The van der Waals surface area contributed by atoms with Crippen LogP contribution in [-0.2, 0) is 0 Å². The smallest absolute Gasteiger partial charge is 0.0445 e. The van der Waals surface area contributed by atoms with Gasteiger partial charge in [0.2, 0.25) is 0 Å². The predicted molar refractivity (Wildman–Crippen MR) is 86.3 cm³/mol. The second kappa shape index (κ2) is 5.70. The summed E-state index contributed by atoms with van der Waals surface area (Å²) in [4.78, 5) is 0. The first kappa shape index (κ1) is 15.0. The third-order valence-corrected chi connectivity index (χ3v) is 6.93. The van der Waals surface area contributed by atoms with Crippen LogP contribution in [0.2, 0.25) is 51.4 Å². The molecule has 0 aromatic heterocycles. The predicted octanol–water partition coefficient (Wildman–Crippen LogP) is 5.70. The zero-order valence-corrected chi connectivity index (χ0v) is 14.7. The van der Waals surface area contributed by atoms with Crippen molar-refractivity contribution in [2.45, 2.75) is 70.6 Å². The molecule has 0 saturated carbocycles. The molecule has 0 aromatic rings. The van der Waals surface area contributed by atoms with Crippen molar-refractivity contribution < 1.29 is 0 Å². The normalized spacial score (nSPS) is 17.1. The molecule has 0 saturated heterocycles. The fourth-order valence-corrected chi connectivity index (χ4v) is 4.19. The maximum absolute atomic E-state index is 2.48. The highest BCUT2D eigenvalue weighted by molar-refractivity contribution is 6.76. The van der Waals surface area contributed by atoms with E-state index < -0.39 is 16.1 Å².